The Balaban J connectivity index is 1.40. The minimum Gasteiger partial charge on any atom is -0.497 e. The number of benzene rings is 2. The monoisotopic (exact) mass is 525 g/mol. The van der Waals surface area contributed by atoms with Crippen LogP contribution in [0.5, 0.6) is 5.75 Å². The Kier molecular flexibility index (Phi) is 8.49. The molecular formula is C30H40ClN3O3. The topological polar surface area (TPSA) is 61.9 Å². The van der Waals surface area contributed by atoms with E-state index in [0.29, 0.717) is 19.0 Å². The molecule has 0 aliphatic carbocycles. The van der Waals surface area contributed by atoms with E-state index in [0.717, 1.165) is 67.2 Å². The van der Waals surface area contributed by atoms with Crippen molar-refractivity contribution < 1.29 is 14.3 Å². The summed E-state index contributed by atoms with van der Waals surface area (Å²) in [6, 6.07) is 16.1. The molecule has 0 aromatic heterocycles. The smallest absolute Gasteiger partial charge is 0.229 e. The Hall–Kier alpha value is -2.57. The first-order valence-corrected chi connectivity index (χ1v) is 13.7. The highest BCUT2D eigenvalue weighted by Crippen LogP contribution is 2.44. The van der Waals surface area contributed by atoms with E-state index in [2.05, 4.69) is 16.3 Å². The van der Waals surface area contributed by atoms with Crippen LogP contribution in [0.25, 0.3) is 0 Å². The number of hydrogen-bond acceptors (Lipinski definition) is 4. The van der Waals surface area contributed by atoms with Crippen molar-refractivity contribution in [2.24, 2.45) is 10.8 Å². The van der Waals surface area contributed by atoms with E-state index in [1.807, 2.05) is 68.1 Å². The highest BCUT2D eigenvalue weighted by Gasteiger charge is 2.48. The minimum atomic E-state index is -0.413. The normalized spacial score (nSPS) is 18.7. The molecule has 0 saturated carbocycles. The molecule has 4 rings (SSSR count). The summed E-state index contributed by atoms with van der Waals surface area (Å²) in [7, 11) is 1.66. The molecule has 1 spiro atoms. The molecule has 0 bridgehead atoms. The molecule has 2 aromatic carbocycles. The molecule has 2 amide bonds. The number of ether oxygens (including phenoxy) is 1. The maximum Gasteiger partial charge on any atom is 0.229 e. The Morgan fingerprint density at radius 3 is 2.38 bits per heavy atom. The van der Waals surface area contributed by atoms with Gasteiger partial charge in [-0.25, -0.2) is 0 Å². The average molecular weight is 526 g/mol. The van der Waals surface area contributed by atoms with Gasteiger partial charge in [-0.1, -0.05) is 56.6 Å². The van der Waals surface area contributed by atoms with E-state index in [-0.39, 0.29) is 17.4 Å². The number of methoxy groups -OCH3 is 1. The summed E-state index contributed by atoms with van der Waals surface area (Å²) in [5.41, 5.74) is 1.61. The maximum atomic E-state index is 13.6. The van der Waals surface area contributed by atoms with Crippen molar-refractivity contribution in [2.45, 2.75) is 59.0 Å². The lowest BCUT2D eigenvalue weighted by Crippen LogP contribution is -2.46. The molecule has 2 fully saturated rings. The van der Waals surface area contributed by atoms with Crippen molar-refractivity contribution in [2.75, 3.05) is 33.3 Å². The van der Waals surface area contributed by atoms with Gasteiger partial charge in [-0.2, -0.15) is 0 Å². The fraction of sp³-hybridized carbons (Fsp3) is 0.533. The molecule has 2 aliphatic heterocycles. The first kappa shape index (κ1) is 27.5. The number of rotatable bonds is 8. The third-order valence-corrected chi connectivity index (χ3v) is 8.18. The molecule has 1 N–H and O–H groups in total. The van der Waals surface area contributed by atoms with Gasteiger partial charge >= 0.3 is 0 Å². The van der Waals surface area contributed by atoms with Crippen LogP contribution in [-0.4, -0.2) is 54.9 Å². The van der Waals surface area contributed by atoms with Gasteiger partial charge in [0.05, 0.1) is 12.5 Å². The Labute approximate surface area is 226 Å². The highest BCUT2D eigenvalue weighted by molar-refractivity contribution is 6.30. The lowest BCUT2D eigenvalue weighted by atomic mass is 9.76. The van der Waals surface area contributed by atoms with Crippen LogP contribution in [0.1, 0.15) is 63.6 Å². The molecular weight excluding hydrogens is 486 g/mol. The third-order valence-electron chi connectivity index (χ3n) is 7.95. The predicted molar refractivity (Wildman–Crippen MR) is 148 cm³/mol. The molecule has 2 heterocycles. The Bertz CT molecular complexity index is 1090. The first-order valence-electron chi connectivity index (χ1n) is 13.3. The van der Waals surface area contributed by atoms with Crippen LogP contribution in [0.3, 0.4) is 0 Å². The zero-order valence-electron chi connectivity index (χ0n) is 22.6. The summed E-state index contributed by atoms with van der Waals surface area (Å²) in [6.45, 7) is 9.54. The standard InChI is InChI=1S/C30H40ClN3O3/c1-29(2,3)27(35)32-16-12-26(23-6-5-7-24(31)20-23)33-17-13-30(14-18-33)15-19-34(28(30)36)21-22-8-10-25(37-4)11-9-22/h5-11,20,26H,12-19,21H2,1-4H3,(H,32,35). The molecule has 1 atom stereocenters. The number of nitrogens with one attached hydrogen (secondary N) is 1. The number of hydrogen-bond donors (Lipinski definition) is 1. The van der Waals surface area contributed by atoms with Gasteiger partial charge in [-0.05, 0) is 74.2 Å². The number of likely N-dealkylation sites (tertiary alicyclic amines) is 2. The minimum absolute atomic E-state index is 0.0587. The van der Waals surface area contributed by atoms with Gasteiger partial charge in [0.25, 0.3) is 0 Å². The van der Waals surface area contributed by atoms with Crippen molar-refractivity contribution in [3.8, 4) is 5.75 Å². The van der Waals surface area contributed by atoms with Crippen molar-refractivity contribution in [1.82, 2.24) is 15.1 Å². The molecule has 2 aliphatic rings. The Morgan fingerprint density at radius 1 is 1.08 bits per heavy atom. The molecule has 1 unspecified atom stereocenters. The molecule has 37 heavy (non-hydrogen) atoms. The second kappa shape index (κ2) is 11.4. The van der Waals surface area contributed by atoms with Crippen LogP contribution in [0.15, 0.2) is 48.5 Å². The Morgan fingerprint density at radius 2 is 1.76 bits per heavy atom. The van der Waals surface area contributed by atoms with Crippen LogP contribution in [-0.2, 0) is 16.1 Å². The van der Waals surface area contributed by atoms with Crippen molar-refractivity contribution >= 4 is 23.4 Å². The van der Waals surface area contributed by atoms with E-state index in [9.17, 15) is 9.59 Å². The van der Waals surface area contributed by atoms with Gasteiger partial charge in [0, 0.05) is 36.1 Å². The number of piperidine rings is 1. The van der Waals surface area contributed by atoms with Crippen LogP contribution in [0.2, 0.25) is 5.02 Å². The quantitative estimate of drug-likeness (QED) is 0.497. The van der Waals surface area contributed by atoms with Gasteiger partial charge < -0.3 is 15.0 Å². The summed E-state index contributed by atoms with van der Waals surface area (Å²) in [4.78, 5) is 30.5. The van der Waals surface area contributed by atoms with Crippen LogP contribution >= 0.6 is 11.6 Å². The summed E-state index contributed by atoms with van der Waals surface area (Å²) in [6.07, 6.45) is 3.43. The van der Waals surface area contributed by atoms with E-state index in [1.54, 1.807) is 7.11 Å². The lowest BCUT2D eigenvalue weighted by Gasteiger charge is -2.42. The molecule has 2 saturated heterocycles. The zero-order chi connectivity index (χ0) is 26.6. The zero-order valence-corrected chi connectivity index (χ0v) is 23.3. The van der Waals surface area contributed by atoms with Crippen LogP contribution < -0.4 is 10.1 Å². The third kappa shape index (κ3) is 6.47. The average Bonchev–Trinajstić information content (AvgIpc) is 3.17. The fourth-order valence-corrected chi connectivity index (χ4v) is 5.78. The van der Waals surface area contributed by atoms with Gasteiger partial charge in [-0.3, -0.25) is 14.5 Å². The summed E-state index contributed by atoms with van der Waals surface area (Å²) < 4.78 is 5.26. The molecule has 2 aromatic rings. The SMILES string of the molecule is COc1ccc(CN2CCC3(CCN(C(CCNC(=O)C(C)(C)C)c4cccc(Cl)c4)CC3)C2=O)cc1. The highest BCUT2D eigenvalue weighted by atomic mass is 35.5. The van der Waals surface area contributed by atoms with Gasteiger partial charge in [0.15, 0.2) is 0 Å². The van der Waals surface area contributed by atoms with Gasteiger partial charge in [0.1, 0.15) is 5.75 Å². The van der Waals surface area contributed by atoms with Gasteiger partial charge in [0.2, 0.25) is 11.8 Å². The van der Waals surface area contributed by atoms with Crippen LogP contribution in [0.4, 0.5) is 0 Å². The lowest BCUT2D eigenvalue weighted by molar-refractivity contribution is -0.139. The van der Waals surface area contributed by atoms with Gasteiger partial charge in [-0.15, -0.1) is 0 Å². The second-order valence-corrected chi connectivity index (χ2v) is 11.9. The number of nitrogens with zero attached hydrogens (tertiary/aromatic N) is 2. The predicted octanol–water partition coefficient (Wildman–Crippen LogP) is 5.46. The van der Waals surface area contributed by atoms with Crippen LogP contribution in [0, 0.1) is 10.8 Å². The van der Waals surface area contributed by atoms with E-state index >= 15 is 0 Å². The number of carbonyl (C=O) groups is 2. The van der Waals surface area contributed by atoms with Crippen molar-refractivity contribution in [1.29, 1.82) is 0 Å². The number of carbonyl (C=O) groups excluding carboxylic acids is 2. The summed E-state index contributed by atoms with van der Waals surface area (Å²) >= 11 is 6.34. The molecule has 7 heteroatoms. The molecule has 200 valence electrons. The molecule has 0 radical (unpaired) electrons. The van der Waals surface area contributed by atoms with E-state index < -0.39 is 5.41 Å². The fourth-order valence-electron chi connectivity index (χ4n) is 5.58. The largest absolute Gasteiger partial charge is 0.497 e. The summed E-state index contributed by atoms with van der Waals surface area (Å²) in [5, 5.41) is 3.82. The van der Waals surface area contributed by atoms with Crippen molar-refractivity contribution in [3.05, 3.63) is 64.7 Å². The first-order chi connectivity index (χ1) is 17.6. The molecule has 6 nitrogen and oxygen atoms in total. The van der Waals surface area contributed by atoms with Crippen molar-refractivity contribution in [3.63, 3.8) is 0 Å². The number of amides is 2. The number of halogens is 1. The summed E-state index contributed by atoms with van der Waals surface area (Å²) in [5.74, 6) is 1.18. The second-order valence-electron chi connectivity index (χ2n) is 11.5. The van der Waals surface area contributed by atoms with E-state index in [4.69, 9.17) is 16.3 Å². The maximum absolute atomic E-state index is 13.6. The van der Waals surface area contributed by atoms with E-state index in [1.165, 1.54) is 0 Å².